The molecule has 1 fully saturated rings. The van der Waals surface area contributed by atoms with Gasteiger partial charge in [0.25, 0.3) is 6.73 Å². The van der Waals surface area contributed by atoms with Crippen LogP contribution < -0.4 is 9.30 Å². The van der Waals surface area contributed by atoms with Gasteiger partial charge in [0.1, 0.15) is 12.2 Å². The quantitative estimate of drug-likeness (QED) is 0.612. The summed E-state index contributed by atoms with van der Waals surface area (Å²) in [5, 5.41) is 29.1. The third-order valence-electron chi connectivity index (χ3n) is 3.24. The minimum absolute atomic E-state index is 0.0237. The Hall–Kier alpha value is -1.55. The Balaban J connectivity index is 1.96. The topological polar surface area (TPSA) is 103 Å². The van der Waals surface area contributed by atoms with Crippen LogP contribution >= 0.6 is 11.8 Å². The zero-order valence-electron chi connectivity index (χ0n) is 12.9. The van der Waals surface area contributed by atoms with Crippen molar-refractivity contribution in [3.63, 3.8) is 0 Å². The number of rotatable bonds is 4. The monoisotopic (exact) mass is 345 g/mol. The second kappa shape index (κ2) is 7.82. The minimum atomic E-state index is -1.24. The lowest BCUT2D eigenvalue weighted by Gasteiger charge is -2.34. The smallest absolute Gasteiger partial charge is 0.414 e. The highest BCUT2D eigenvalue weighted by atomic mass is 32.2. The second-order valence-electron chi connectivity index (χ2n) is 5.36. The molecule has 23 heavy (non-hydrogen) atoms. The van der Waals surface area contributed by atoms with Crippen LogP contribution in [0.25, 0.3) is 0 Å². The second-order valence-corrected chi connectivity index (χ2v) is 6.49. The zero-order valence-corrected chi connectivity index (χ0v) is 13.7. The summed E-state index contributed by atoms with van der Waals surface area (Å²) in [5.74, 6) is 0.726. The average molecular weight is 345 g/mol. The first kappa shape index (κ1) is 17.8. The molecule has 0 aromatic carbocycles. The molecule has 128 valence electrons. The Morgan fingerprint density at radius 2 is 2.13 bits per heavy atom. The van der Waals surface area contributed by atoms with E-state index >= 15 is 0 Å². The molecule has 2 rings (SSSR count). The molecule has 1 aromatic heterocycles. The number of carbonyl (C=O) groups is 1. The van der Waals surface area contributed by atoms with Crippen LogP contribution in [-0.2, 0) is 11.5 Å². The highest BCUT2D eigenvalue weighted by molar-refractivity contribution is 7.99. The summed E-state index contributed by atoms with van der Waals surface area (Å²) in [5.41, 5.74) is -0.687. The van der Waals surface area contributed by atoms with E-state index in [-0.39, 0.29) is 12.5 Å². The van der Waals surface area contributed by atoms with E-state index in [1.165, 1.54) is 16.7 Å². The number of carbonyl (C=O) groups excluding carboxylic acids is 1. The van der Waals surface area contributed by atoms with Gasteiger partial charge in [-0.15, -0.1) is 11.8 Å². The number of thioether (sulfide) groups is 1. The Morgan fingerprint density at radius 3 is 2.83 bits per heavy atom. The molecule has 9 heteroatoms. The summed E-state index contributed by atoms with van der Waals surface area (Å²) in [4.78, 5) is 12.7. The number of hydrogen-bond donors (Lipinski definition) is 3. The van der Waals surface area contributed by atoms with Gasteiger partial charge in [-0.25, -0.2) is 4.79 Å². The number of hydrogen-bond acceptors (Lipinski definition) is 7. The fraction of sp³-hybridized carbons (Fsp3) is 0.571. The normalized spacial score (nSPS) is 27.3. The minimum Gasteiger partial charge on any atom is -0.471 e. The molecule has 1 aliphatic rings. The van der Waals surface area contributed by atoms with Crippen LogP contribution in [0.1, 0.15) is 0 Å². The molecule has 8 nitrogen and oxygen atoms in total. The summed E-state index contributed by atoms with van der Waals surface area (Å²) >= 11 is 1.22. The number of amides is 1. The van der Waals surface area contributed by atoms with Crippen LogP contribution in [0.15, 0.2) is 24.5 Å². The van der Waals surface area contributed by atoms with E-state index in [0.29, 0.717) is 5.75 Å². The number of pyridine rings is 1. The van der Waals surface area contributed by atoms with Gasteiger partial charge in [-0.3, -0.25) is 0 Å². The lowest BCUT2D eigenvalue weighted by atomic mass is 10.1. The molecule has 1 aromatic rings. The SMILES string of the molecule is CN(C)C(=O)OC[n+]1cccc(O[C@@H]2SC[C@@H](O)[C@H](O)[C@H]2O)c1. The van der Waals surface area contributed by atoms with E-state index < -0.39 is 29.8 Å². The molecule has 1 saturated heterocycles. The van der Waals surface area contributed by atoms with E-state index in [1.54, 1.807) is 43.2 Å². The van der Waals surface area contributed by atoms with Gasteiger partial charge in [0.05, 0.1) is 6.10 Å². The summed E-state index contributed by atoms with van der Waals surface area (Å²) < 4.78 is 12.3. The van der Waals surface area contributed by atoms with Crippen molar-refractivity contribution < 1.29 is 34.2 Å². The zero-order chi connectivity index (χ0) is 17.0. The first-order valence-electron chi connectivity index (χ1n) is 7.04. The number of ether oxygens (including phenoxy) is 2. The van der Waals surface area contributed by atoms with Gasteiger partial charge in [-0.05, 0) is 6.07 Å². The summed E-state index contributed by atoms with van der Waals surface area (Å²) in [6.07, 6.45) is -0.533. The van der Waals surface area contributed by atoms with Crippen molar-refractivity contribution in [2.24, 2.45) is 0 Å². The molecular formula is C14H21N2O6S+. The number of aliphatic hydroxyl groups excluding tert-OH is 3. The molecular weight excluding hydrogens is 324 g/mol. The van der Waals surface area contributed by atoms with Gasteiger partial charge in [-0.1, -0.05) is 0 Å². The van der Waals surface area contributed by atoms with Gasteiger partial charge in [0.2, 0.25) is 6.20 Å². The third kappa shape index (κ3) is 4.71. The first-order valence-corrected chi connectivity index (χ1v) is 8.09. The Morgan fingerprint density at radius 1 is 1.39 bits per heavy atom. The molecule has 2 heterocycles. The van der Waals surface area contributed by atoms with Crippen molar-refractivity contribution in [3.8, 4) is 5.75 Å². The Bertz CT molecular complexity index is 544. The number of aliphatic hydroxyl groups is 3. The van der Waals surface area contributed by atoms with Crippen molar-refractivity contribution in [3.05, 3.63) is 24.5 Å². The summed E-state index contributed by atoms with van der Waals surface area (Å²) in [7, 11) is 3.18. The maximum atomic E-state index is 11.4. The molecule has 1 aliphatic heterocycles. The predicted octanol–water partition coefficient (Wildman–Crippen LogP) is -0.836. The molecule has 0 spiro atoms. The van der Waals surface area contributed by atoms with E-state index in [1.807, 2.05) is 0 Å². The molecule has 4 atom stereocenters. The first-order chi connectivity index (χ1) is 10.9. The van der Waals surface area contributed by atoms with Gasteiger partial charge < -0.3 is 29.7 Å². The van der Waals surface area contributed by atoms with Crippen LogP contribution in [-0.4, -0.2) is 69.9 Å². The van der Waals surface area contributed by atoms with Crippen molar-refractivity contribution >= 4 is 17.9 Å². The van der Waals surface area contributed by atoms with Gasteiger partial charge in [0, 0.05) is 25.9 Å². The molecule has 0 bridgehead atoms. The van der Waals surface area contributed by atoms with Crippen molar-refractivity contribution in [1.29, 1.82) is 0 Å². The molecule has 0 saturated carbocycles. The lowest BCUT2D eigenvalue weighted by molar-refractivity contribution is -0.727. The van der Waals surface area contributed by atoms with Crippen LogP contribution in [0.2, 0.25) is 0 Å². The standard InChI is InChI=1S/C14H21N2O6S/c1-15(2)14(20)21-8-16-5-3-4-9(6-16)22-13-12(19)11(18)10(17)7-23-13/h3-6,10-13,17-19H,7-8H2,1-2H3/q+1/t10-,11+,12-,13-/m1/s1. The lowest BCUT2D eigenvalue weighted by Crippen LogP contribution is -2.50. The van der Waals surface area contributed by atoms with E-state index in [0.717, 1.165) is 0 Å². The Labute approximate surface area is 138 Å². The predicted molar refractivity (Wildman–Crippen MR) is 81.7 cm³/mol. The van der Waals surface area contributed by atoms with Crippen molar-refractivity contribution in [2.75, 3.05) is 19.8 Å². The fourth-order valence-corrected chi connectivity index (χ4v) is 3.05. The van der Waals surface area contributed by atoms with E-state index in [9.17, 15) is 20.1 Å². The van der Waals surface area contributed by atoms with E-state index in [2.05, 4.69) is 0 Å². The molecule has 0 radical (unpaired) electrons. The molecule has 0 aliphatic carbocycles. The van der Waals surface area contributed by atoms with Crippen LogP contribution in [0.3, 0.4) is 0 Å². The highest BCUT2D eigenvalue weighted by Gasteiger charge is 2.38. The molecule has 3 N–H and O–H groups in total. The van der Waals surface area contributed by atoms with Crippen LogP contribution in [0.4, 0.5) is 4.79 Å². The van der Waals surface area contributed by atoms with Crippen molar-refractivity contribution in [1.82, 2.24) is 4.90 Å². The van der Waals surface area contributed by atoms with Gasteiger partial charge >= 0.3 is 6.09 Å². The highest BCUT2D eigenvalue weighted by Crippen LogP contribution is 2.28. The fourth-order valence-electron chi connectivity index (χ4n) is 1.92. The van der Waals surface area contributed by atoms with Crippen LogP contribution in [0, 0.1) is 0 Å². The van der Waals surface area contributed by atoms with Crippen molar-refractivity contribution in [2.45, 2.75) is 30.5 Å². The van der Waals surface area contributed by atoms with Gasteiger partial charge in [0.15, 0.2) is 17.4 Å². The average Bonchev–Trinajstić information content (AvgIpc) is 2.53. The maximum absolute atomic E-state index is 11.4. The van der Waals surface area contributed by atoms with Gasteiger partial charge in [-0.2, -0.15) is 4.57 Å². The number of aromatic nitrogens is 1. The summed E-state index contributed by atoms with van der Waals surface area (Å²) in [6.45, 7) is 0.0237. The third-order valence-corrected chi connectivity index (χ3v) is 4.48. The Kier molecular flexibility index (Phi) is 6.05. The molecule has 0 unspecified atom stereocenters. The maximum Gasteiger partial charge on any atom is 0.414 e. The van der Waals surface area contributed by atoms with E-state index in [4.69, 9.17) is 9.47 Å². The summed E-state index contributed by atoms with van der Waals surface area (Å²) in [6, 6.07) is 3.40. The number of nitrogens with zero attached hydrogens (tertiary/aromatic N) is 2. The largest absolute Gasteiger partial charge is 0.471 e. The van der Waals surface area contributed by atoms with Crippen LogP contribution in [0.5, 0.6) is 5.75 Å². The molecule has 1 amide bonds.